The molecule has 3 N–H and O–H groups in total. The molecule has 1 aromatic heterocycles. The van der Waals surface area contributed by atoms with Crippen molar-refractivity contribution in [3.63, 3.8) is 0 Å². The molecule has 1 atom stereocenters. The minimum absolute atomic E-state index is 0.0815. The van der Waals surface area contributed by atoms with Gasteiger partial charge in [0.1, 0.15) is 6.04 Å². The fraction of sp³-hybridized carbons (Fsp3) is 0.556. The van der Waals surface area contributed by atoms with Crippen LogP contribution in [0.4, 0.5) is 11.6 Å². The second-order valence-electron chi connectivity index (χ2n) is 4.05. The topological polar surface area (TPSA) is 116 Å². The quantitative estimate of drug-likeness (QED) is 0.566. The molecule has 0 saturated heterocycles. The van der Waals surface area contributed by atoms with Crippen LogP contribution in [0.25, 0.3) is 0 Å². The van der Waals surface area contributed by atoms with Crippen LogP contribution in [0.5, 0.6) is 0 Å². The Balaban J connectivity index is 3.04. The summed E-state index contributed by atoms with van der Waals surface area (Å²) in [5, 5.41) is 13.5. The number of aryl methyl sites for hydroxylation is 1. The van der Waals surface area contributed by atoms with Crippen molar-refractivity contribution in [2.45, 2.75) is 19.9 Å². The smallest absolute Gasteiger partial charge is 0.368 e. The lowest BCUT2D eigenvalue weighted by molar-refractivity contribution is -0.388. The maximum absolute atomic E-state index is 11.2. The zero-order chi connectivity index (χ0) is 13.2. The number of rotatable bonds is 5. The van der Waals surface area contributed by atoms with E-state index in [0.717, 1.165) is 0 Å². The van der Waals surface area contributed by atoms with Gasteiger partial charge in [0.05, 0.1) is 0 Å². The fourth-order valence-corrected chi connectivity index (χ4v) is 1.43. The van der Waals surface area contributed by atoms with E-state index in [1.54, 1.807) is 20.9 Å². The molecule has 0 aliphatic rings. The van der Waals surface area contributed by atoms with Gasteiger partial charge in [0.2, 0.25) is 18.1 Å². The van der Waals surface area contributed by atoms with Crippen LogP contribution in [0.2, 0.25) is 0 Å². The Labute approximate surface area is 98.0 Å². The Hall–Kier alpha value is -2.12. The van der Waals surface area contributed by atoms with Crippen LogP contribution in [0, 0.1) is 16.0 Å². The molecule has 1 rings (SSSR count). The maximum Gasteiger partial charge on any atom is 0.406 e. The van der Waals surface area contributed by atoms with Gasteiger partial charge in [-0.3, -0.25) is 9.36 Å². The molecular weight excluding hydrogens is 226 g/mol. The highest BCUT2D eigenvalue weighted by Crippen LogP contribution is 2.23. The predicted molar refractivity (Wildman–Crippen MR) is 61.3 cm³/mol. The summed E-state index contributed by atoms with van der Waals surface area (Å²) < 4.78 is 1.44. The lowest BCUT2D eigenvalue weighted by Crippen LogP contribution is -2.40. The van der Waals surface area contributed by atoms with Crippen LogP contribution in [0.15, 0.2) is 6.33 Å². The third-order valence-electron chi connectivity index (χ3n) is 2.36. The zero-order valence-corrected chi connectivity index (χ0v) is 9.88. The predicted octanol–water partition coefficient (Wildman–Crippen LogP) is 0.250. The second kappa shape index (κ2) is 4.81. The van der Waals surface area contributed by atoms with Crippen molar-refractivity contribution in [2.24, 2.45) is 18.7 Å². The molecule has 0 aromatic carbocycles. The van der Waals surface area contributed by atoms with Crippen LogP contribution in [-0.4, -0.2) is 26.4 Å². The van der Waals surface area contributed by atoms with Crippen LogP contribution >= 0.6 is 0 Å². The highest BCUT2D eigenvalue weighted by Gasteiger charge is 2.26. The average Bonchev–Trinajstić information content (AvgIpc) is 2.55. The number of imidazole rings is 1. The molecule has 1 amide bonds. The van der Waals surface area contributed by atoms with E-state index in [-0.39, 0.29) is 17.6 Å². The maximum atomic E-state index is 11.2. The van der Waals surface area contributed by atoms with Crippen LogP contribution in [-0.2, 0) is 11.8 Å². The molecule has 8 heteroatoms. The summed E-state index contributed by atoms with van der Waals surface area (Å²) in [6.07, 6.45) is 1.30. The summed E-state index contributed by atoms with van der Waals surface area (Å²) in [7, 11) is 1.60. The number of carbonyl (C=O) groups excluding carboxylic acids is 1. The van der Waals surface area contributed by atoms with E-state index in [1.165, 1.54) is 10.9 Å². The normalized spacial score (nSPS) is 12.5. The molecule has 0 aliphatic heterocycles. The Morgan fingerprint density at radius 3 is 2.65 bits per heavy atom. The highest BCUT2D eigenvalue weighted by atomic mass is 16.6. The van der Waals surface area contributed by atoms with Crippen molar-refractivity contribution in [1.29, 1.82) is 0 Å². The number of nitro groups is 1. The number of nitrogens with zero attached hydrogens (tertiary/aromatic N) is 3. The summed E-state index contributed by atoms with van der Waals surface area (Å²) in [5.41, 5.74) is 5.23. The molecule has 0 bridgehead atoms. The summed E-state index contributed by atoms with van der Waals surface area (Å²) in [4.78, 5) is 25.0. The van der Waals surface area contributed by atoms with Crippen molar-refractivity contribution < 1.29 is 9.72 Å². The molecule has 0 spiro atoms. The minimum Gasteiger partial charge on any atom is -0.368 e. The fourth-order valence-electron chi connectivity index (χ4n) is 1.43. The van der Waals surface area contributed by atoms with Gasteiger partial charge in [-0.25, -0.2) is 0 Å². The van der Waals surface area contributed by atoms with E-state index < -0.39 is 16.9 Å². The molecule has 0 fully saturated rings. The third-order valence-corrected chi connectivity index (χ3v) is 2.36. The SMILES string of the molecule is CC(C)C(Nc1c([N+](=O)[O-])ncn1C)C(N)=O. The molecule has 1 heterocycles. The average molecular weight is 241 g/mol. The largest absolute Gasteiger partial charge is 0.406 e. The van der Waals surface area contributed by atoms with Gasteiger partial charge < -0.3 is 21.2 Å². The number of aromatic nitrogens is 2. The molecule has 17 heavy (non-hydrogen) atoms. The third kappa shape index (κ3) is 2.71. The first-order valence-electron chi connectivity index (χ1n) is 5.06. The number of hydrogen-bond donors (Lipinski definition) is 2. The number of amides is 1. The lowest BCUT2D eigenvalue weighted by atomic mass is 10.0. The number of anilines is 1. The first-order chi connectivity index (χ1) is 7.84. The van der Waals surface area contributed by atoms with E-state index in [4.69, 9.17) is 5.73 Å². The van der Waals surface area contributed by atoms with E-state index in [9.17, 15) is 14.9 Å². The molecule has 0 saturated carbocycles. The van der Waals surface area contributed by atoms with E-state index in [2.05, 4.69) is 10.3 Å². The molecule has 0 aliphatic carbocycles. The molecule has 1 unspecified atom stereocenters. The minimum atomic E-state index is -0.677. The standard InChI is InChI=1S/C9H15N5O3/c1-5(2)6(7(10)15)12-9-8(14(16)17)11-4-13(9)3/h4-6,12H,1-3H3,(H2,10,15). The number of carbonyl (C=O) groups is 1. The van der Waals surface area contributed by atoms with Gasteiger partial charge in [0.25, 0.3) is 0 Å². The first kappa shape index (κ1) is 12.9. The van der Waals surface area contributed by atoms with Gasteiger partial charge in [0.15, 0.2) is 0 Å². The van der Waals surface area contributed by atoms with E-state index in [0.29, 0.717) is 0 Å². The summed E-state index contributed by atoms with van der Waals surface area (Å²) in [6, 6.07) is -0.677. The number of nitrogens with one attached hydrogen (secondary N) is 1. The monoisotopic (exact) mass is 241 g/mol. The van der Waals surface area contributed by atoms with Crippen molar-refractivity contribution in [3.05, 3.63) is 16.4 Å². The first-order valence-corrected chi connectivity index (χ1v) is 5.06. The van der Waals surface area contributed by atoms with Crippen LogP contribution in [0.1, 0.15) is 13.8 Å². The van der Waals surface area contributed by atoms with Gasteiger partial charge in [-0.15, -0.1) is 0 Å². The summed E-state index contributed by atoms with van der Waals surface area (Å²) in [6.45, 7) is 3.59. The van der Waals surface area contributed by atoms with Gasteiger partial charge in [0, 0.05) is 7.05 Å². The Morgan fingerprint density at radius 2 is 2.24 bits per heavy atom. The molecule has 8 nitrogen and oxygen atoms in total. The van der Waals surface area contributed by atoms with Crippen LogP contribution in [0.3, 0.4) is 0 Å². The van der Waals surface area contributed by atoms with Gasteiger partial charge in [-0.1, -0.05) is 13.8 Å². The zero-order valence-electron chi connectivity index (χ0n) is 9.88. The molecule has 0 radical (unpaired) electrons. The Morgan fingerprint density at radius 1 is 1.65 bits per heavy atom. The number of nitrogens with two attached hydrogens (primary N) is 1. The summed E-state index contributed by atoms with van der Waals surface area (Å²) in [5.74, 6) is -0.788. The number of hydrogen-bond acceptors (Lipinski definition) is 5. The van der Waals surface area contributed by atoms with E-state index >= 15 is 0 Å². The van der Waals surface area contributed by atoms with Gasteiger partial charge in [-0.05, 0) is 15.8 Å². The molecule has 94 valence electrons. The molecular formula is C9H15N5O3. The van der Waals surface area contributed by atoms with Crippen molar-refractivity contribution in [3.8, 4) is 0 Å². The molecule has 1 aromatic rings. The second-order valence-corrected chi connectivity index (χ2v) is 4.05. The summed E-state index contributed by atoms with van der Waals surface area (Å²) >= 11 is 0. The van der Waals surface area contributed by atoms with Gasteiger partial charge in [-0.2, -0.15) is 0 Å². The van der Waals surface area contributed by atoms with E-state index in [1.807, 2.05) is 0 Å². The van der Waals surface area contributed by atoms with Gasteiger partial charge >= 0.3 is 5.82 Å². The Bertz CT molecular complexity index is 440. The lowest BCUT2D eigenvalue weighted by Gasteiger charge is -2.19. The Kier molecular flexibility index (Phi) is 3.66. The van der Waals surface area contributed by atoms with Crippen molar-refractivity contribution in [1.82, 2.24) is 9.55 Å². The number of primary amides is 1. The van der Waals surface area contributed by atoms with Crippen LogP contribution < -0.4 is 11.1 Å². The van der Waals surface area contributed by atoms with Crippen molar-refractivity contribution in [2.75, 3.05) is 5.32 Å². The van der Waals surface area contributed by atoms with Crippen molar-refractivity contribution >= 4 is 17.5 Å². The highest BCUT2D eigenvalue weighted by molar-refractivity contribution is 5.83.